The molecule has 2 aromatic carbocycles. The molecule has 0 aromatic heterocycles. The van der Waals surface area contributed by atoms with E-state index in [1.165, 1.54) is 12.1 Å². The summed E-state index contributed by atoms with van der Waals surface area (Å²) >= 11 is 22.2. The van der Waals surface area contributed by atoms with E-state index in [2.05, 4.69) is 0 Å². The van der Waals surface area contributed by atoms with Crippen LogP contribution in [0.4, 0.5) is 5.69 Å². The van der Waals surface area contributed by atoms with Crippen LogP contribution in [0.25, 0.3) is 0 Å². The first kappa shape index (κ1) is 23.9. The summed E-state index contributed by atoms with van der Waals surface area (Å²) in [7, 11) is -8.02. The topological polar surface area (TPSA) is 163 Å². The number of nitrogens with zero attached hydrogens (tertiary/aromatic N) is 1. The Labute approximate surface area is 174 Å². The fourth-order valence-electron chi connectivity index (χ4n) is 1.68. The first-order chi connectivity index (χ1) is 12.2. The highest BCUT2D eigenvalue weighted by atomic mass is 35.5. The van der Waals surface area contributed by atoms with Crippen molar-refractivity contribution in [2.24, 2.45) is 10.3 Å². The Morgan fingerprint density at radius 1 is 0.778 bits per heavy atom. The van der Waals surface area contributed by atoms with Gasteiger partial charge >= 0.3 is 0 Å². The van der Waals surface area contributed by atoms with Gasteiger partial charge in [0.15, 0.2) is 0 Å². The molecule has 15 heteroatoms. The zero-order valence-corrected chi connectivity index (χ0v) is 17.4. The molecule has 0 amide bonds. The zero-order chi connectivity index (χ0) is 21.2. The van der Waals surface area contributed by atoms with Crippen molar-refractivity contribution in [3.8, 4) is 0 Å². The fourth-order valence-corrected chi connectivity index (χ4v) is 5.18. The summed E-state index contributed by atoms with van der Waals surface area (Å²) in [6.45, 7) is 0. The molecule has 4 N–H and O–H groups in total. The van der Waals surface area contributed by atoms with Gasteiger partial charge in [0.1, 0.15) is 14.8 Å². The highest BCUT2D eigenvalue weighted by Gasteiger charge is 2.25. The van der Waals surface area contributed by atoms with Crippen LogP contribution in [0.5, 0.6) is 0 Å². The maximum absolute atomic E-state index is 11.0. The third kappa shape index (κ3) is 6.16. The molecule has 0 aliphatic carbocycles. The number of nitro benzene ring substituents is 1. The molecule has 0 atom stereocenters. The average Bonchev–Trinajstić information content (AvgIpc) is 2.44. The summed E-state index contributed by atoms with van der Waals surface area (Å²) in [6, 6.07) is 6.41. The molecule has 2 aromatic rings. The molecule has 0 saturated carbocycles. The molecule has 0 bridgehead atoms. The predicted molar refractivity (Wildman–Crippen MR) is 102 cm³/mol. The van der Waals surface area contributed by atoms with Crippen molar-refractivity contribution in [3.63, 3.8) is 0 Å². The lowest BCUT2D eigenvalue weighted by Crippen LogP contribution is -2.14. The molecule has 0 radical (unpaired) electrons. The molecule has 0 aliphatic heterocycles. The van der Waals surface area contributed by atoms with Gasteiger partial charge in [-0.05, 0) is 18.2 Å². The van der Waals surface area contributed by atoms with Gasteiger partial charge in [-0.15, -0.1) is 0 Å². The van der Waals surface area contributed by atoms with Crippen LogP contribution in [-0.4, -0.2) is 21.8 Å². The van der Waals surface area contributed by atoms with E-state index in [1.807, 2.05) is 0 Å². The molecule has 27 heavy (non-hydrogen) atoms. The second-order valence-corrected chi connectivity index (χ2v) is 9.20. The Balaban J connectivity index is 0.000000277. The first-order valence-electron chi connectivity index (χ1n) is 6.30. The van der Waals surface area contributed by atoms with Crippen molar-refractivity contribution in [2.45, 2.75) is 9.79 Å². The van der Waals surface area contributed by atoms with Gasteiger partial charge in [0.25, 0.3) is 5.69 Å². The van der Waals surface area contributed by atoms with E-state index in [0.29, 0.717) is 0 Å². The van der Waals surface area contributed by atoms with Gasteiger partial charge in [-0.2, -0.15) is 0 Å². The van der Waals surface area contributed by atoms with Gasteiger partial charge in [0.2, 0.25) is 20.0 Å². The lowest BCUT2D eigenvalue weighted by Gasteiger charge is -2.04. The third-order valence-corrected chi connectivity index (χ3v) is 6.49. The van der Waals surface area contributed by atoms with Crippen molar-refractivity contribution in [1.29, 1.82) is 0 Å². The van der Waals surface area contributed by atoms with Crippen LogP contribution in [0.1, 0.15) is 0 Å². The van der Waals surface area contributed by atoms with E-state index in [0.717, 1.165) is 12.1 Å². The quantitative estimate of drug-likeness (QED) is 0.489. The normalized spacial score (nSPS) is 11.5. The van der Waals surface area contributed by atoms with Crippen LogP contribution in [0, 0.1) is 10.1 Å². The summed E-state index contributed by atoms with van der Waals surface area (Å²) in [6.07, 6.45) is 0. The average molecular weight is 497 g/mol. The molecule has 0 spiro atoms. The molecule has 2 rings (SSSR count). The molecular formula is C12H9Cl4N3O6S2. The number of nitro groups is 1. The molecule has 0 heterocycles. The summed E-state index contributed by atoms with van der Waals surface area (Å²) in [4.78, 5) is 8.76. The zero-order valence-electron chi connectivity index (χ0n) is 12.8. The molecule has 0 unspecified atom stereocenters. The lowest BCUT2D eigenvalue weighted by molar-refractivity contribution is -0.384. The number of sulfonamides is 2. The minimum absolute atomic E-state index is 0.0324. The lowest BCUT2D eigenvalue weighted by atomic mass is 10.3. The minimum atomic E-state index is -4.19. The van der Waals surface area contributed by atoms with E-state index in [1.54, 1.807) is 6.07 Å². The maximum Gasteiger partial charge on any atom is 0.289 e. The standard InChI is InChI=1S/C6H4Cl2N2O4S.C6H5Cl2NO2S/c7-3-1-2-4(10(11)12)5(8)6(3)15(9,13)14;7-4-2-1-3-5(8)6(4)12(9,10)11/h1-2H,(H2,9,13,14);1-3H,(H2,9,10,11). The van der Waals surface area contributed by atoms with Crippen molar-refractivity contribution < 1.29 is 21.8 Å². The van der Waals surface area contributed by atoms with Gasteiger partial charge in [0, 0.05) is 6.07 Å². The SMILES string of the molecule is NS(=O)(=O)c1c(Cl)ccc([N+](=O)[O-])c1Cl.NS(=O)(=O)c1c(Cl)cccc1Cl. The highest BCUT2D eigenvalue weighted by Crippen LogP contribution is 2.35. The predicted octanol–water partition coefficient (Wildman–Crippen LogP) is 3.19. The number of hydrogen-bond acceptors (Lipinski definition) is 6. The first-order valence-corrected chi connectivity index (χ1v) is 10.9. The van der Waals surface area contributed by atoms with Crippen LogP contribution < -0.4 is 10.3 Å². The molecule has 0 aliphatic rings. The number of halogens is 4. The number of nitrogens with two attached hydrogens (primary N) is 2. The van der Waals surface area contributed by atoms with Crippen LogP contribution in [-0.2, 0) is 20.0 Å². The van der Waals surface area contributed by atoms with Crippen molar-refractivity contribution in [1.82, 2.24) is 0 Å². The summed E-state index contributed by atoms with van der Waals surface area (Å²) in [5.41, 5.74) is -0.565. The highest BCUT2D eigenvalue weighted by molar-refractivity contribution is 7.89. The largest absolute Gasteiger partial charge is 0.289 e. The van der Waals surface area contributed by atoms with Crippen LogP contribution in [0.3, 0.4) is 0 Å². The smallest absolute Gasteiger partial charge is 0.258 e. The van der Waals surface area contributed by atoms with Crippen molar-refractivity contribution >= 4 is 72.1 Å². The van der Waals surface area contributed by atoms with E-state index < -0.39 is 40.6 Å². The Morgan fingerprint density at radius 3 is 1.52 bits per heavy atom. The fraction of sp³-hybridized carbons (Fsp3) is 0. The Morgan fingerprint density at radius 2 is 1.19 bits per heavy atom. The van der Waals surface area contributed by atoms with Crippen molar-refractivity contribution in [2.75, 3.05) is 0 Å². The number of primary sulfonamides is 2. The summed E-state index contributed by atoms with van der Waals surface area (Å²) in [5.74, 6) is 0. The monoisotopic (exact) mass is 495 g/mol. The van der Waals surface area contributed by atoms with E-state index >= 15 is 0 Å². The van der Waals surface area contributed by atoms with Crippen LogP contribution in [0.2, 0.25) is 20.1 Å². The van der Waals surface area contributed by atoms with E-state index in [-0.39, 0.29) is 20.0 Å². The Bertz CT molecular complexity index is 1090. The number of benzene rings is 2. The van der Waals surface area contributed by atoms with Crippen LogP contribution >= 0.6 is 46.4 Å². The molecule has 0 fully saturated rings. The van der Waals surface area contributed by atoms with Gasteiger partial charge in [-0.25, -0.2) is 27.1 Å². The number of hydrogen-bond donors (Lipinski definition) is 2. The summed E-state index contributed by atoms with van der Waals surface area (Å²) in [5, 5.41) is 19.3. The van der Waals surface area contributed by atoms with Gasteiger partial charge in [-0.1, -0.05) is 52.5 Å². The van der Waals surface area contributed by atoms with Crippen molar-refractivity contribution in [3.05, 3.63) is 60.5 Å². The molecule has 0 saturated heterocycles. The van der Waals surface area contributed by atoms with Gasteiger partial charge < -0.3 is 0 Å². The van der Waals surface area contributed by atoms with Gasteiger partial charge in [0.05, 0.1) is 20.0 Å². The second kappa shape index (κ2) is 8.88. The van der Waals surface area contributed by atoms with Crippen LogP contribution in [0.15, 0.2) is 40.1 Å². The Hall–Kier alpha value is -1.18. The second-order valence-electron chi connectivity index (χ2n) is 4.61. The van der Waals surface area contributed by atoms with E-state index in [4.69, 9.17) is 56.7 Å². The Kier molecular flexibility index (Phi) is 7.85. The maximum atomic E-state index is 11.0. The molecule has 148 valence electrons. The van der Waals surface area contributed by atoms with E-state index in [9.17, 15) is 26.9 Å². The number of rotatable bonds is 3. The third-order valence-electron chi connectivity index (χ3n) is 2.71. The summed E-state index contributed by atoms with van der Waals surface area (Å²) < 4.78 is 43.8. The molecule has 9 nitrogen and oxygen atoms in total. The van der Waals surface area contributed by atoms with Gasteiger partial charge in [-0.3, -0.25) is 10.1 Å². The minimum Gasteiger partial charge on any atom is -0.258 e. The molecular weight excluding hydrogens is 488 g/mol.